The summed E-state index contributed by atoms with van der Waals surface area (Å²) in [6.07, 6.45) is 4.56. The molecule has 2 unspecified atom stereocenters. The van der Waals surface area contributed by atoms with E-state index in [-0.39, 0.29) is 24.2 Å². The van der Waals surface area contributed by atoms with Gasteiger partial charge in [0.25, 0.3) is 0 Å². The third-order valence-corrected chi connectivity index (χ3v) is 9.46. The van der Waals surface area contributed by atoms with Crippen LogP contribution < -0.4 is 5.32 Å². The highest BCUT2D eigenvalue weighted by molar-refractivity contribution is 6.39. The van der Waals surface area contributed by atoms with Crippen molar-refractivity contribution >= 4 is 40.9 Å². The number of esters is 1. The molecule has 2 aliphatic carbocycles. The quantitative estimate of drug-likeness (QED) is 0.196. The van der Waals surface area contributed by atoms with Gasteiger partial charge in [-0.3, -0.25) is 0 Å². The molecule has 3 heterocycles. The van der Waals surface area contributed by atoms with Crippen LogP contribution in [0, 0.1) is 0 Å². The lowest BCUT2D eigenvalue weighted by molar-refractivity contribution is -0.0837. The van der Waals surface area contributed by atoms with Crippen molar-refractivity contribution in [1.29, 1.82) is 0 Å². The molecule has 2 saturated heterocycles. The molecule has 2 aliphatic heterocycles. The predicted octanol–water partition coefficient (Wildman–Crippen LogP) is 8.33. The molecule has 8 rings (SSSR count). The van der Waals surface area contributed by atoms with Crippen LogP contribution in [0.4, 0.5) is 10.5 Å². The zero-order valence-electron chi connectivity index (χ0n) is 24.1. The average Bonchev–Trinajstić information content (AvgIpc) is 3.79. The minimum absolute atomic E-state index is 0.00310. The summed E-state index contributed by atoms with van der Waals surface area (Å²) in [6, 6.07) is 20.2. The van der Waals surface area contributed by atoms with E-state index in [9.17, 15) is 9.59 Å². The van der Waals surface area contributed by atoms with E-state index in [0.717, 1.165) is 49.0 Å². The summed E-state index contributed by atoms with van der Waals surface area (Å²) >= 11 is 13.0. The Hall–Kier alpha value is -3.85. The molecule has 2 amide bonds. The number of nitrogens with zero attached hydrogens (tertiary/aromatic N) is 2. The van der Waals surface area contributed by atoms with Crippen molar-refractivity contribution in [2.24, 2.45) is 0 Å². The summed E-state index contributed by atoms with van der Waals surface area (Å²) in [7, 11) is 1.36. The van der Waals surface area contributed by atoms with E-state index in [0.29, 0.717) is 50.6 Å². The number of ether oxygens (including phenoxy) is 2. The number of nitrogens with one attached hydrogen (secondary N) is 1. The molecule has 4 fully saturated rings. The van der Waals surface area contributed by atoms with Gasteiger partial charge in [0, 0.05) is 34.8 Å². The second kappa shape index (κ2) is 11.9. The number of benzene rings is 3. The van der Waals surface area contributed by atoms with E-state index in [2.05, 4.69) is 10.5 Å². The number of urea groups is 1. The summed E-state index contributed by atoms with van der Waals surface area (Å²) in [6.45, 7) is 0.345. The number of halogens is 2. The van der Waals surface area contributed by atoms with Crippen molar-refractivity contribution in [2.75, 3.05) is 12.4 Å². The van der Waals surface area contributed by atoms with Gasteiger partial charge >= 0.3 is 12.0 Å². The van der Waals surface area contributed by atoms with Gasteiger partial charge in [-0.25, -0.2) is 9.59 Å². The van der Waals surface area contributed by atoms with Gasteiger partial charge in [-0.15, -0.1) is 0 Å². The first kappa shape index (κ1) is 28.9. The molecule has 10 heteroatoms. The van der Waals surface area contributed by atoms with E-state index in [1.807, 2.05) is 47.4 Å². The molecule has 2 bridgehead atoms. The average molecular weight is 633 g/mol. The lowest BCUT2D eigenvalue weighted by Crippen LogP contribution is -2.65. The second-order valence-electron chi connectivity index (χ2n) is 11.6. The maximum absolute atomic E-state index is 13.4. The Balaban J connectivity index is 1.02. The van der Waals surface area contributed by atoms with Gasteiger partial charge in [-0.05, 0) is 73.6 Å². The number of amides is 2. The lowest BCUT2D eigenvalue weighted by Gasteiger charge is -2.54. The number of carbonyl (C=O) groups excluding carboxylic acids is 2. The van der Waals surface area contributed by atoms with Crippen molar-refractivity contribution in [3.05, 3.63) is 93.7 Å². The molecule has 0 radical (unpaired) electrons. The van der Waals surface area contributed by atoms with Crippen molar-refractivity contribution < 1.29 is 23.6 Å². The van der Waals surface area contributed by atoms with E-state index < -0.39 is 5.97 Å². The molecular formula is C34H31Cl2N3O5. The van der Waals surface area contributed by atoms with Crippen LogP contribution in [0.3, 0.4) is 0 Å². The summed E-state index contributed by atoms with van der Waals surface area (Å²) in [5.74, 6) is 0.771. The van der Waals surface area contributed by atoms with Crippen molar-refractivity contribution in [2.45, 2.75) is 62.8 Å². The monoisotopic (exact) mass is 631 g/mol. The van der Waals surface area contributed by atoms with Crippen molar-refractivity contribution in [3.63, 3.8) is 0 Å². The van der Waals surface area contributed by atoms with Crippen LogP contribution in [0.2, 0.25) is 10.0 Å². The van der Waals surface area contributed by atoms with Gasteiger partial charge in [0.05, 0.1) is 35.4 Å². The number of methoxy groups -OCH3 is 1. The van der Waals surface area contributed by atoms with E-state index in [1.54, 1.807) is 24.3 Å². The Morgan fingerprint density at radius 2 is 1.70 bits per heavy atom. The Kier molecular flexibility index (Phi) is 7.83. The van der Waals surface area contributed by atoms with Crippen LogP contribution in [0.1, 0.15) is 59.7 Å². The first-order valence-corrected chi connectivity index (χ1v) is 15.6. The first-order valence-electron chi connectivity index (χ1n) is 14.8. The topological polar surface area (TPSA) is 93.9 Å². The maximum Gasteiger partial charge on any atom is 0.338 e. The van der Waals surface area contributed by atoms with E-state index in [1.165, 1.54) is 7.11 Å². The Morgan fingerprint density at radius 1 is 0.977 bits per heavy atom. The SMILES string of the molecule is COC(=O)c1ccc(NC(=O)N2C3CC(OCc4c(-c5c(Cl)cccc5Cl)noc4C4CC4)CC2C3)cc1-c1ccccc1. The van der Waals surface area contributed by atoms with Gasteiger partial charge in [0.15, 0.2) is 0 Å². The normalized spacial score (nSPS) is 20.6. The molecule has 44 heavy (non-hydrogen) atoms. The van der Waals surface area contributed by atoms with Crippen LogP contribution in [0.15, 0.2) is 71.3 Å². The predicted molar refractivity (Wildman–Crippen MR) is 168 cm³/mol. The van der Waals surface area contributed by atoms with Crippen molar-refractivity contribution in [1.82, 2.24) is 10.1 Å². The number of rotatable bonds is 8. The minimum Gasteiger partial charge on any atom is -0.465 e. The minimum atomic E-state index is -0.428. The summed E-state index contributed by atoms with van der Waals surface area (Å²) in [5.41, 5.74) is 4.82. The van der Waals surface area contributed by atoms with Gasteiger partial charge in [-0.1, -0.05) is 64.8 Å². The fourth-order valence-electron chi connectivity index (χ4n) is 6.50. The summed E-state index contributed by atoms with van der Waals surface area (Å²) in [5, 5.41) is 8.45. The number of anilines is 1. The smallest absolute Gasteiger partial charge is 0.338 e. The van der Waals surface area contributed by atoms with Crippen LogP contribution in [0.25, 0.3) is 22.4 Å². The number of fused-ring (bicyclic) bond motifs is 2. The molecule has 8 nitrogen and oxygen atoms in total. The largest absolute Gasteiger partial charge is 0.465 e. The number of hydrogen-bond acceptors (Lipinski definition) is 6. The summed E-state index contributed by atoms with van der Waals surface area (Å²) in [4.78, 5) is 27.7. The van der Waals surface area contributed by atoms with Crippen LogP contribution >= 0.6 is 23.2 Å². The third kappa shape index (κ3) is 5.47. The van der Waals surface area contributed by atoms with E-state index >= 15 is 0 Å². The number of piperidine rings is 1. The maximum atomic E-state index is 13.4. The van der Waals surface area contributed by atoms with E-state index in [4.69, 9.17) is 37.2 Å². The van der Waals surface area contributed by atoms with Gasteiger partial charge < -0.3 is 24.2 Å². The van der Waals surface area contributed by atoms with Gasteiger partial charge in [-0.2, -0.15) is 0 Å². The number of carbonyl (C=O) groups is 2. The van der Waals surface area contributed by atoms with Crippen molar-refractivity contribution in [3.8, 4) is 22.4 Å². The Morgan fingerprint density at radius 3 is 2.39 bits per heavy atom. The van der Waals surface area contributed by atoms with Crippen LogP contribution in [-0.2, 0) is 16.1 Å². The molecular weight excluding hydrogens is 601 g/mol. The fraction of sp³-hybridized carbons (Fsp3) is 0.324. The molecule has 226 valence electrons. The third-order valence-electron chi connectivity index (χ3n) is 8.83. The van der Waals surface area contributed by atoms with Crippen LogP contribution in [-0.4, -0.2) is 47.4 Å². The molecule has 1 N–H and O–H groups in total. The highest BCUT2D eigenvalue weighted by Gasteiger charge is 2.48. The number of aromatic nitrogens is 1. The Bertz CT molecular complexity index is 1690. The zero-order chi connectivity index (χ0) is 30.4. The molecule has 2 atom stereocenters. The second-order valence-corrected chi connectivity index (χ2v) is 12.5. The first-order chi connectivity index (χ1) is 21.4. The molecule has 3 aromatic carbocycles. The highest BCUT2D eigenvalue weighted by Crippen LogP contribution is 2.47. The fourth-order valence-corrected chi connectivity index (χ4v) is 7.07. The van der Waals surface area contributed by atoms with Crippen LogP contribution in [0.5, 0.6) is 0 Å². The number of hydrogen-bond donors (Lipinski definition) is 1. The molecule has 0 spiro atoms. The molecule has 1 aromatic heterocycles. The summed E-state index contributed by atoms with van der Waals surface area (Å²) < 4.78 is 17.2. The molecule has 4 aromatic rings. The molecule has 2 saturated carbocycles. The molecule has 4 aliphatic rings. The van der Waals surface area contributed by atoms with Gasteiger partial charge in [0.2, 0.25) is 0 Å². The van der Waals surface area contributed by atoms with Gasteiger partial charge in [0.1, 0.15) is 11.5 Å². The standard InChI is InChI=1S/C34H31Cl2N3O5/c1-42-33(40)25-13-12-21(14-26(25)19-6-3-2-4-7-19)37-34(41)39-22-15-23(39)17-24(16-22)43-18-27-31(38-44-32(27)20-10-11-20)30-28(35)8-5-9-29(30)36/h2-9,12-14,20,22-24H,10-11,15-18H2,1H3,(H,37,41). The lowest BCUT2D eigenvalue weighted by atomic mass is 9.78. The Labute approximate surface area is 265 Å². The zero-order valence-corrected chi connectivity index (χ0v) is 25.6. The highest BCUT2D eigenvalue weighted by atomic mass is 35.5.